The summed E-state index contributed by atoms with van der Waals surface area (Å²) in [5, 5.41) is 17.5. The summed E-state index contributed by atoms with van der Waals surface area (Å²) in [5.74, 6) is 1.71. The van der Waals surface area contributed by atoms with Gasteiger partial charge in [0.05, 0.1) is 23.9 Å². The molecule has 9 nitrogen and oxygen atoms in total. The second kappa shape index (κ2) is 6.15. The van der Waals surface area contributed by atoms with Crippen LogP contribution in [0.1, 0.15) is 22.9 Å². The Morgan fingerprint density at radius 3 is 2.79 bits per heavy atom. The van der Waals surface area contributed by atoms with Crippen LogP contribution in [-0.4, -0.2) is 35.1 Å². The fourth-order valence-electron chi connectivity index (χ4n) is 3.25. The average Bonchev–Trinajstić information content (AvgIpc) is 3.46. The third kappa shape index (κ3) is 2.68. The van der Waals surface area contributed by atoms with E-state index >= 15 is 0 Å². The van der Waals surface area contributed by atoms with E-state index in [2.05, 4.69) is 30.4 Å². The lowest BCUT2D eigenvalue weighted by atomic mass is 10.1. The monoisotopic (exact) mass is 375 g/mol. The molecule has 5 aromatic rings. The van der Waals surface area contributed by atoms with Crippen LogP contribution in [0, 0.1) is 13.8 Å². The van der Waals surface area contributed by atoms with Crippen LogP contribution >= 0.6 is 0 Å². The molecule has 0 aliphatic carbocycles. The van der Waals surface area contributed by atoms with E-state index in [1.165, 1.54) is 0 Å². The number of pyridine rings is 1. The zero-order valence-corrected chi connectivity index (χ0v) is 15.6. The van der Waals surface area contributed by atoms with Crippen LogP contribution in [0.3, 0.4) is 0 Å². The second-order valence-corrected chi connectivity index (χ2v) is 6.71. The smallest absolute Gasteiger partial charge is 0.249 e. The van der Waals surface area contributed by atoms with Gasteiger partial charge in [0.25, 0.3) is 0 Å². The van der Waals surface area contributed by atoms with Crippen molar-refractivity contribution in [2.75, 3.05) is 0 Å². The van der Waals surface area contributed by atoms with Crippen molar-refractivity contribution in [2.45, 2.75) is 20.3 Å². The van der Waals surface area contributed by atoms with Crippen LogP contribution in [0.25, 0.3) is 33.6 Å². The van der Waals surface area contributed by atoms with Crippen molar-refractivity contribution in [1.82, 2.24) is 35.1 Å². The Morgan fingerprint density at radius 2 is 2.04 bits per heavy atom. The van der Waals surface area contributed by atoms with Crippen LogP contribution in [0.4, 0.5) is 0 Å². The maximum Gasteiger partial charge on any atom is 0.249 e. The zero-order valence-electron chi connectivity index (χ0n) is 15.6. The highest BCUT2D eigenvalue weighted by Crippen LogP contribution is 2.30. The lowest BCUT2D eigenvalue weighted by Crippen LogP contribution is -1.91. The predicted octanol–water partition coefficient (Wildman–Crippen LogP) is 3.21. The van der Waals surface area contributed by atoms with Crippen molar-refractivity contribution in [3.8, 4) is 22.6 Å². The van der Waals surface area contributed by atoms with E-state index in [1.54, 1.807) is 4.68 Å². The first-order valence-corrected chi connectivity index (χ1v) is 8.79. The van der Waals surface area contributed by atoms with Gasteiger partial charge in [0.1, 0.15) is 11.4 Å². The second-order valence-electron chi connectivity index (χ2n) is 6.71. The van der Waals surface area contributed by atoms with Crippen LogP contribution in [0.2, 0.25) is 0 Å². The third-order valence-electron chi connectivity index (χ3n) is 4.78. The summed E-state index contributed by atoms with van der Waals surface area (Å²) in [6, 6.07) is 2.04. The minimum absolute atomic E-state index is 0.443. The molecule has 0 amide bonds. The Labute approximate surface area is 159 Å². The minimum Gasteiger partial charge on any atom is -0.420 e. The van der Waals surface area contributed by atoms with Crippen LogP contribution in [-0.2, 0) is 13.5 Å². The molecule has 0 saturated heterocycles. The van der Waals surface area contributed by atoms with E-state index in [1.807, 2.05) is 51.7 Å². The summed E-state index contributed by atoms with van der Waals surface area (Å²) in [4.78, 5) is 7.66. The molecule has 0 aliphatic heterocycles. The first-order valence-electron chi connectivity index (χ1n) is 8.79. The van der Waals surface area contributed by atoms with Gasteiger partial charge in [-0.15, -0.1) is 10.2 Å². The van der Waals surface area contributed by atoms with Gasteiger partial charge in [-0.25, -0.2) is 4.98 Å². The van der Waals surface area contributed by atoms with E-state index in [0.717, 1.165) is 44.7 Å². The number of aromatic amines is 1. The fraction of sp³-hybridized carbons (Fsp3) is 0.211. The van der Waals surface area contributed by atoms with E-state index in [-0.39, 0.29) is 0 Å². The molecule has 0 spiro atoms. The molecule has 0 aliphatic rings. The van der Waals surface area contributed by atoms with Gasteiger partial charge < -0.3 is 13.9 Å². The maximum atomic E-state index is 5.91. The Kier molecular flexibility index (Phi) is 3.61. The molecule has 0 atom stereocenters. The van der Waals surface area contributed by atoms with Crippen molar-refractivity contribution in [2.24, 2.45) is 7.05 Å². The molecule has 0 saturated carbocycles. The van der Waals surface area contributed by atoms with E-state index in [9.17, 15) is 0 Å². The number of hydrogen-bond acceptors (Lipinski definition) is 7. The highest BCUT2D eigenvalue weighted by Gasteiger charge is 2.18. The van der Waals surface area contributed by atoms with Crippen molar-refractivity contribution in [1.29, 1.82) is 0 Å². The number of rotatable bonds is 4. The van der Waals surface area contributed by atoms with Crippen molar-refractivity contribution < 1.29 is 8.94 Å². The van der Waals surface area contributed by atoms with Gasteiger partial charge in [0, 0.05) is 47.7 Å². The number of aryl methyl sites for hydroxylation is 3. The van der Waals surface area contributed by atoms with Gasteiger partial charge in [0.15, 0.2) is 0 Å². The molecular formula is C19H17N7O2. The molecule has 9 heteroatoms. The number of fused-ring (bicyclic) bond motifs is 1. The standard InChI is InChI=1S/C19H17N7O2/c1-10-14(11(2)28-25-10)5-17-23-24-19(27-17)16-8-21-18-15(16)4-12(6-20-18)13-7-22-26(3)9-13/h4,6-9H,5H2,1-3H3,(H,20,21). The van der Waals surface area contributed by atoms with Gasteiger partial charge in [-0.05, 0) is 19.9 Å². The van der Waals surface area contributed by atoms with Crippen molar-refractivity contribution in [3.63, 3.8) is 0 Å². The molecule has 5 rings (SSSR count). The minimum atomic E-state index is 0.443. The number of nitrogens with one attached hydrogen (secondary N) is 1. The summed E-state index contributed by atoms with van der Waals surface area (Å²) in [5.41, 5.74) is 5.33. The normalized spacial score (nSPS) is 11.5. The topological polar surface area (TPSA) is 111 Å². The Morgan fingerprint density at radius 1 is 1.14 bits per heavy atom. The highest BCUT2D eigenvalue weighted by atomic mass is 16.5. The molecule has 0 radical (unpaired) electrons. The largest absolute Gasteiger partial charge is 0.420 e. The molecule has 0 unspecified atom stereocenters. The quantitative estimate of drug-likeness (QED) is 0.513. The number of aromatic nitrogens is 7. The van der Waals surface area contributed by atoms with Crippen molar-refractivity contribution >= 4 is 11.0 Å². The molecule has 5 heterocycles. The molecular weight excluding hydrogens is 358 g/mol. The zero-order chi connectivity index (χ0) is 19.3. The average molecular weight is 375 g/mol. The van der Waals surface area contributed by atoms with Crippen LogP contribution < -0.4 is 0 Å². The molecule has 1 N–H and O–H groups in total. The molecule has 140 valence electrons. The van der Waals surface area contributed by atoms with Gasteiger partial charge in [-0.1, -0.05) is 5.16 Å². The van der Waals surface area contributed by atoms with Gasteiger partial charge in [-0.2, -0.15) is 5.10 Å². The lowest BCUT2D eigenvalue weighted by Gasteiger charge is -1.98. The first-order chi connectivity index (χ1) is 13.6. The third-order valence-corrected chi connectivity index (χ3v) is 4.78. The molecule has 0 fully saturated rings. The number of hydrogen-bond donors (Lipinski definition) is 1. The van der Waals surface area contributed by atoms with Crippen LogP contribution in [0.5, 0.6) is 0 Å². The van der Waals surface area contributed by atoms with Gasteiger partial charge in [-0.3, -0.25) is 4.68 Å². The molecule has 0 bridgehead atoms. The SMILES string of the molecule is Cc1noc(C)c1Cc1nnc(-c2c[nH]c3ncc(-c4cnn(C)c4)cc23)o1. The molecule has 28 heavy (non-hydrogen) atoms. The number of nitrogens with zero attached hydrogens (tertiary/aromatic N) is 6. The molecule has 0 aromatic carbocycles. The van der Waals surface area contributed by atoms with E-state index in [4.69, 9.17) is 8.94 Å². The summed E-state index contributed by atoms with van der Waals surface area (Å²) in [6.07, 6.45) is 7.89. The predicted molar refractivity (Wildman–Crippen MR) is 100 cm³/mol. The summed E-state index contributed by atoms with van der Waals surface area (Å²) >= 11 is 0. The summed E-state index contributed by atoms with van der Waals surface area (Å²) in [6.45, 7) is 3.77. The Hall–Kier alpha value is -3.75. The lowest BCUT2D eigenvalue weighted by molar-refractivity contribution is 0.392. The number of H-pyrrole nitrogens is 1. The fourth-order valence-corrected chi connectivity index (χ4v) is 3.25. The summed E-state index contributed by atoms with van der Waals surface area (Å²) < 4.78 is 12.9. The maximum absolute atomic E-state index is 5.91. The van der Waals surface area contributed by atoms with E-state index in [0.29, 0.717) is 18.2 Å². The first kappa shape index (κ1) is 16.4. The van der Waals surface area contributed by atoms with Gasteiger partial charge >= 0.3 is 0 Å². The van der Waals surface area contributed by atoms with Gasteiger partial charge in [0.2, 0.25) is 11.8 Å². The van der Waals surface area contributed by atoms with E-state index < -0.39 is 0 Å². The van der Waals surface area contributed by atoms with Crippen LogP contribution in [0.15, 0.2) is 39.8 Å². The Bertz CT molecular complexity index is 1270. The molecule has 5 aromatic heterocycles. The highest BCUT2D eigenvalue weighted by molar-refractivity contribution is 5.93. The Balaban J connectivity index is 1.52. The van der Waals surface area contributed by atoms with Crippen molar-refractivity contribution in [3.05, 3.63) is 53.8 Å². The summed E-state index contributed by atoms with van der Waals surface area (Å²) in [7, 11) is 1.89.